The molecule has 0 atom stereocenters. The third-order valence-electron chi connectivity index (χ3n) is 11.8. The summed E-state index contributed by atoms with van der Waals surface area (Å²) >= 11 is 1.79. The molecule has 0 fully saturated rings. The van der Waals surface area contributed by atoms with Crippen LogP contribution in [0.15, 0.2) is 194 Å². The Labute approximate surface area is 333 Å². The van der Waals surface area contributed by atoms with Crippen LogP contribution >= 0.6 is 11.3 Å². The van der Waals surface area contributed by atoms with Gasteiger partial charge in [0.1, 0.15) is 0 Å². The second-order valence-corrected chi connectivity index (χ2v) is 15.7. The van der Waals surface area contributed by atoms with Gasteiger partial charge in [-0.25, -0.2) is 4.98 Å². The number of para-hydroxylation sites is 1. The zero-order valence-electron chi connectivity index (χ0n) is 30.7. The Kier molecular flexibility index (Phi) is 6.98. The van der Waals surface area contributed by atoms with Gasteiger partial charge in [0.15, 0.2) is 11.6 Å². The summed E-state index contributed by atoms with van der Waals surface area (Å²) in [5.41, 5.74) is 11.1. The molecule has 5 heteroatoms. The molecular weight excluding hydrogens is 713 g/mol. The van der Waals surface area contributed by atoms with Crippen molar-refractivity contribution in [1.29, 1.82) is 0 Å². The van der Waals surface area contributed by atoms with E-state index in [2.05, 4.69) is 180 Å². The number of rotatable bonds is 5. The highest BCUT2D eigenvalue weighted by Crippen LogP contribution is 2.58. The lowest BCUT2D eigenvalue weighted by Crippen LogP contribution is -2.28. The quantitative estimate of drug-likeness (QED) is 0.176. The summed E-state index contributed by atoms with van der Waals surface area (Å²) < 4.78 is 4.67. The van der Waals surface area contributed by atoms with Crippen LogP contribution in [-0.4, -0.2) is 19.5 Å². The van der Waals surface area contributed by atoms with Crippen LogP contribution in [0.2, 0.25) is 0 Å². The molecule has 8 aromatic carbocycles. The average Bonchev–Trinajstić information content (AvgIpc) is 3.94. The third kappa shape index (κ3) is 4.58. The minimum atomic E-state index is -0.504. The molecule has 0 spiro atoms. The molecule has 0 bridgehead atoms. The second-order valence-electron chi connectivity index (χ2n) is 14.7. The lowest BCUT2D eigenvalue weighted by Gasteiger charge is -2.33. The van der Waals surface area contributed by atoms with E-state index >= 15 is 0 Å². The maximum absolute atomic E-state index is 5.40. The van der Waals surface area contributed by atoms with Gasteiger partial charge >= 0.3 is 0 Å². The number of thiophene rings is 1. The van der Waals surface area contributed by atoms with Crippen molar-refractivity contribution in [2.75, 3.05) is 0 Å². The van der Waals surface area contributed by atoms with E-state index in [4.69, 9.17) is 15.0 Å². The number of nitrogens with zero attached hydrogens (tertiary/aromatic N) is 4. The standard InChI is InChI=1S/C52H32N4S/c1-4-17-33(18-5-1)49-53-50(40-27-16-26-37-36-23-12-15-30-45(36)57-48(37)40)55-51(54-49)56-43-29-14-11-25-39(43)47-44(56)32-31-42-46(47)38-24-10-13-28-41(38)52(42,34-19-6-2-7-20-34)35-21-8-3-9-22-35/h1-32H. The van der Waals surface area contributed by atoms with E-state index in [0.29, 0.717) is 17.6 Å². The SMILES string of the molecule is c1ccc(-c2nc(-c3cccc4c3sc3ccccc34)nc(-n3c4ccccc4c4c5c(ccc43)C(c3ccccc3)(c3ccccc3)c3ccccc3-5)n2)cc1. The van der Waals surface area contributed by atoms with Crippen LogP contribution in [0.1, 0.15) is 22.3 Å². The summed E-state index contributed by atoms with van der Waals surface area (Å²) in [6.07, 6.45) is 0. The smallest absolute Gasteiger partial charge is 0.238 e. The van der Waals surface area contributed by atoms with Crippen LogP contribution in [0.25, 0.3) is 81.8 Å². The fourth-order valence-corrected chi connectivity index (χ4v) is 10.6. The largest absolute Gasteiger partial charge is 0.278 e. The number of hydrogen-bond acceptors (Lipinski definition) is 4. The predicted octanol–water partition coefficient (Wildman–Crippen LogP) is 13.0. The van der Waals surface area contributed by atoms with E-state index in [1.807, 2.05) is 18.2 Å². The molecule has 0 aliphatic heterocycles. The van der Waals surface area contributed by atoms with Crippen molar-refractivity contribution in [3.63, 3.8) is 0 Å². The van der Waals surface area contributed by atoms with Gasteiger partial charge in [-0.15, -0.1) is 11.3 Å². The molecule has 1 aliphatic rings. The summed E-state index contributed by atoms with van der Waals surface area (Å²) in [5.74, 6) is 1.88. The maximum Gasteiger partial charge on any atom is 0.238 e. The lowest BCUT2D eigenvalue weighted by molar-refractivity contribution is 0.769. The van der Waals surface area contributed by atoms with Gasteiger partial charge in [-0.2, -0.15) is 9.97 Å². The molecule has 0 unspecified atom stereocenters. The van der Waals surface area contributed by atoms with Crippen molar-refractivity contribution in [2.24, 2.45) is 0 Å². The number of hydrogen-bond donors (Lipinski definition) is 0. The number of aromatic nitrogens is 4. The Morgan fingerprint density at radius 1 is 0.421 bits per heavy atom. The fourth-order valence-electron chi connectivity index (χ4n) is 9.43. The Hall–Kier alpha value is -7.21. The Bertz CT molecular complexity index is 3310. The normalized spacial score (nSPS) is 13.1. The first kappa shape index (κ1) is 32.1. The molecule has 57 heavy (non-hydrogen) atoms. The van der Waals surface area contributed by atoms with E-state index in [0.717, 1.165) is 27.5 Å². The Morgan fingerprint density at radius 3 is 1.82 bits per heavy atom. The molecule has 3 aromatic heterocycles. The van der Waals surface area contributed by atoms with Crippen LogP contribution in [0, 0.1) is 0 Å². The second kappa shape index (κ2) is 12.4. The molecule has 4 nitrogen and oxygen atoms in total. The Balaban J connectivity index is 1.18. The molecule has 12 rings (SSSR count). The first-order valence-corrected chi connectivity index (χ1v) is 20.1. The molecule has 0 amide bonds. The molecule has 1 aliphatic carbocycles. The molecule has 0 saturated heterocycles. The first-order valence-electron chi connectivity index (χ1n) is 19.3. The van der Waals surface area contributed by atoms with E-state index < -0.39 is 5.41 Å². The topological polar surface area (TPSA) is 43.6 Å². The molecule has 11 aromatic rings. The number of fused-ring (bicyclic) bond motifs is 10. The van der Waals surface area contributed by atoms with Gasteiger partial charge < -0.3 is 0 Å². The van der Waals surface area contributed by atoms with Crippen molar-refractivity contribution in [2.45, 2.75) is 5.41 Å². The molecule has 266 valence electrons. The fraction of sp³-hybridized carbons (Fsp3) is 0.0192. The Morgan fingerprint density at radius 2 is 1.04 bits per heavy atom. The first-order chi connectivity index (χ1) is 28.3. The zero-order valence-corrected chi connectivity index (χ0v) is 31.5. The van der Waals surface area contributed by atoms with Crippen molar-refractivity contribution < 1.29 is 0 Å². The summed E-state index contributed by atoms with van der Waals surface area (Å²) in [7, 11) is 0. The van der Waals surface area contributed by atoms with Crippen molar-refractivity contribution >= 4 is 53.3 Å². The molecule has 3 heterocycles. The van der Waals surface area contributed by atoms with Gasteiger partial charge in [-0.1, -0.05) is 170 Å². The highest BCUT2D eigenvalue weighted by Gasteiger charge is 2.47. The summed E-state index contributed by atoms with van der Waals surface area (Å²) in [6.45, 7) is 0. The molecule has 0 saturated carbocycles. The highest BCUT2D eigenvalue weighted by atomic mass is 32.1. The minimum Gasteiger partial charge on any atom is -0.278 e. The van der Waals surface area contributed by atoms with E-state index in [-0.39, 0.29) is 0 Å². The number of benzene rings is 8. The average molecular weight is 745 g/mol. The van der Waals surface area contributed by atoms with Crippen molar-refractivity contribution in [3.8, 4) is 39.9 Å². The van der Waals surface area contributed by atoms with Crippen LogP contribution < -0.4 is 0 Å². The van der Waals surface area contributed by atoms with E-state index in [1.54, 1.807) is 11.3 Å². The van der Waals surface area contributed by atoms with E-state index in [1.165, 1.54) is 58.9 Å². The zero-order chi connectivity index (χ0) is 37.5. The molecule has 0 radical (unpaired) electrons. The van der Waals surface area contributed by atoms with Gasteiger partial charge in [-0.3, -0.25) is 4.57 Å². The lowest BCUT2D eigenvalue weighted by atomic mass is 9.67. The molecular formula is C52H32N4S. The summed E-state index contributed by atoms with van der Waals surface area (Å²) in [6, 6.07) is 69.6. The molecule has 0 N–H and O–H groups in total. The third-order valence-corrected chi connectivity index (χ3v) is 13.0. The van der Waals surface area contributed by atoms with Gasteiger partial charge in [0.05, 0.1) is 16.4 Å². The maximum atomic E-state index is 5.40. The summed E-state index contributed by atoms with van der Waals surface area (Å²) in [5, 5.41) is 4.81. The van der Waals surface area contributed by atoms with Gasteiger partial charge in [-0.05, 0) is 57.6 Å². The predicted molar refractivity (Wildman–Crippen MR) is 235 cm³/mol. The minimum absolute atomic E-state index is 0.504. The monoisotopic (exact) mass is 744 g/mol. The van der Waals surface area contributed by atoms with Gasteiger partial charge in [0.25, 0.3) is 0 Å². The highest BCUT2D eigenvalue weighted by molar-refractivity contribution is 7.26. The van der Waals surface area contributed by atoms with Gasteiger partial charge in [0.2, 0.25) is 5.95 Å². The van der Waals surface area contributed by atoms with Crippen LogP contribution in [0.3, 0.4) is 0 Å². The van der Waals surface area contributed by atoms with Crippen molar-refractivity contribution in [1.82, 2.24) is 19.5 Å². The van der Waals surface area contributed by atoms with Gasteiger partial charge in [0, 0.05) is 42.1 Å². The summed E-state index contributed by atoms with van der Waals surface area (Å²) in [4.78, 5) is 15.9. The van der Waals surface area contributed by atoms with Crippen LogP contribution in [-0.2, 0) is 5.41 Å². The van der Waals surface area contributed by atoms with Crippen molar-refractivity contribution in [3.05, 3.63) is 216 Å². The van der Waals surface area contributed by atoms with Crippen LogP contribution in [0.5, 0.6) is 0 Å². The van der Waals surface area contributed by atoms with E-state index in [9.17, 15) is 0 Å². The van der Waals surface area contributed by atoms with Crippen LogP contribution in [0.4, 0.5) is 0 Å².